The summed E-state index contributed by atoms with van der Waals surface area (Å²) in [6.45, 7) is 8.16. The Bertz CT molecular complexity index is 1160. The highest BCUT2D eigenvalue weighted by Crippen LogP contribution is 2.34. The van der Waals surface area contributed by atoms with Gasteiger partial charge in [-0.3, -0.25) is 9.69 Å². The van der Waals surface area contributed by atoms with Gasteiger partial charge in [0.05, 0.1) is 23.6 Å². The molecule has 0 spiro atoms. The Labute approximate surface area is 196 Å². The zero-order valence-electron chi connectivity index (χ0n) is 19.4. The number of halogens is 3. The van der Waals surface area contributed by atoms with Gasteiger partial charge < -0.3 is 9.88 Å². The van der Waals surface area contributed by atoms with Gasteiger partial charge in [-0.15, -0.1) is 0 Å². The highest BCUT2D eigenvalue weighted by atomic mass is 19.4. The van der Waals surface area contributed by atoms with E-state index in [1.54, 1.807) is 34.3 Å². The maximum Gasteiger partial charge on any atom is 0.416 e. The number of hydrogen-bond acceptors (Lipinski definition) is 5. The first kappa shape index (κ1) is 23.7. The lowest BCUT2D eigenvalue weighted by atomic mass is 9.93. The van der Waals surface area contributed by atoms with Gasteiger partial charge in [0.1, 0.15) is 5.82 Å². The van der Waals surface area contributed by atoms with Gasteiger partial charge in [0, 0.05) is 30.5 Å². The van der Waals surface area contributed by atoms with Gasteiger partial charge in [-0.1, -0.05) is 20.8 Å². The zero-order valence-corrected chi connectivity index (χ0v) is 19.4. The number of hydrogen-bond donors (Lipinski definition) is 1. The molecule has 0 aliphatic carbocycles. The third kappa shape index (κ3) is 4.76. The summed E-state index contributed by atoms with van der Waals surface area (Å²) >= 11 is 0. The fraction of sp³-hybridized carbons (Fsp3) is 0.417. The molecule has 3 heterocycles. The van der Waals surface area contributed by atoms with Gasteiger partial charge >= 0.3 is 6.18 Å². The van der Waals surface area contributed by atoms with E-state index in [0.717, 1.165) is 12.1 Å². The van der Waals surface area contributed by atoms with Crippen LogP contribution in [0.1, 0.15) is 51.4 Å². The fourth-order valence-corrected chi connectivity index (χ4v) is 4.50. The molecular formula is C24H27F3N6O. The molecule has 1 aliphatic rings. The van der Waals surface area contributed by atoms with Gasteiger partial charge in [-0.25, -0.2) is 9.97 Å². The summed E-state index contributed by atoms with van der Waals surface area (Å²) in [4.78, 5) is 27.6. The molecule has 7 nitrogen and oxygen atoms in total. The first-order chi connectivity index (χ1) is 16.0. The summed E-state index contributed by atoms with van der Waals surface area (Å²) in [5.74, 6) is 1.52. The molecule has 1 fully saturated rings. The molecule has 10 heteroatoms. The maximum atomic E-state index is 12.8. The van der Waals surface area contributed by atoms with Crippen LogP contribution in [0, 0.1) is 11.8 Å². The molecule has 0 bridgehead atoms. The summed E-state index contributed by atoms with van der Waals surface area (Å²) < 4.78 is 40.1. The third-order valence-electron chi connectivity index (χ3n) is 6.10. The van der Waals surface area contributed by atoms with Crippen LogP contribution in [0.3, 0.4) is 0 Å². The van der Waals surface area contributed by atoms with E-state index in [4.69, 9.17) is 0 Å². The fourth-order valence-electron chi connectivity index (χ4n) is 4.50. The Balaban J connectivity index is 1.49. The lowest BCUT2D eigenvalue weighted by Crippen LogP contribution is -2.39. The predicted molar refractivity (Wildman–Crippen MR) is 123 cm³/mol. The molecule has 180 valence electrons. The van der Waals surface area contributed by atoms with E-state index < -0.39 is 11.7 Å². The Morgan fingerprint density at radius 2 is 1.79 bits per heavy atom. The molecule has 0 saturated carbocycles. The minimum absolute atomic E-state index is 0.0548. The molecule has 0 unspecified atom stereocenters. The van der Waals surface area contributed by atoms with Crippen LogP contribution in [-0.4, -0.2) is 31.5 Å². The lowest BCUT2D eigenvalue weighted by molar-refractivity contribution is -0.137. The average molecular weight is 473 g/mol. The first-order valence-corrected chi connectivity index (χ1v) is 11.2. The van der Waals surface area contributed by atoms with E-state index in [0.29, 0.717) is 35.5 Å². The van der Waals surface area contributed by atoms with E-state index in [2.05, 4.69) is 41.0 Å². The van der Waals surface area contributed by atoms with Crippen molar-refractivity contribution in [3.05, 3.63) is 60.3 Å². The van der Waals surface area contributed by atoms with Crippen LogP contribution in [0.5, 0.6) is 0 Å². The topological polar surface area (TPSA) is 75.9 Å². The van der Waals surface area contributed by atoms with E-state index in [9.17, 15) is 18.0 Å². The molecule has 4 rings (SSSR count). The number of benzene rings is 1. The van der Waals surface area contributed by atoms with Crippen LogP contribution in [-0.2, 0) is 11.0 Å². The Hall–Kier alpha value is -3.43. The quantitative estimate of drug-likeness (QED) is 0.530. The normalized spacial score (nSPS) is 19.6. The molecule has 1 amide bonds. The van der Waals surface area contributed by atoms with Crippen LogP contribution in [0.25, 0.3) is 5.69 Å². The number of carbonyl (C=O) groups excluding carboxylic acids is 1. The Kier molecular flexibility index (Phi) is 6.33. The van der Waals surface area contributed by atoms with Gasteiger partial charge in [0.25, 0.3) is 0 Å². The van der Waals surface area contributed by atoms with Crippen LogP contribution in [0.2, 0.25) is 0 Å². The second-order valence-corrected chi connectivity index (χ2v) is 9.03. The molecule has 3 aromatic rings. The number of nitrogens with zero attached hydrogens (tertiary/aromatic N) is 5. The summed E-state index contributed by atoms with van der Waals surface area (Å²) in [6.07, 6.45) is 1.02. The number of rotatable bonds is 6. The second-order valence-electron chi connectivity index (χ2n) is 9.03. The van der Waals surface area contributed by atoms with Gasteiger partial charge in [-0.05, 0) is 49.1 Å². The van der Waals surface area contributed by atoms with E-state index in [1.165, 1.54) is 12.1 Å². The Morgan fingerprint density at radius 3 is 2.44 bits per heavy atom. The molecule has 1 saturated heterocycles. The molecule has 2 aromatic heterocycles. The van der Waals surface area contributed by atoms with E-state index >= 15 is 0 Å². The molecule has 3 atom stereocenters. The maximum absolute atomic E-state index is 12.8. The van der Waals surface area contributed by atoms with Crippen LogP contribution in [0.15, 0.2) is 49.1 Å². The van der Waals surface area contributed by atoms with Crippen molar-refractivity contribution in [3.63, 3.8) is 0 Å². The molecular weight excluding hydrogens is 445 g/mol. The number of carbonyl (C=O) groups is 1. The standard InChI is InChI=1S/C24H27F3N6O/c1-14(2)22-15(3)11-21(34)33(22)20-9-10-28-23(31-20)30-16(4)19-12-32(13-29-19)18-7-5-17(6-8-18)24(25,26)27/h5-10,12-16,22H,11H2,1-4H3,(H,28,30,31)/t15-,16-,22-/m0/s1. The predicted octanol–water partition coefficient (Wildman–Crippen LogP) is 5.25. The number of aromatic nitrogens is 4. The summed E-state index contributed by atoms with van der Waals surface area (Å²) in [7, 11) is 0. The third-order valence-corrected chi connectivity index (χ3v) is 6.10. The minimum atomic E-state index is -4.38. The first-order valence-electron chi connectivity index (χ1n) is 11.2. The summed E-state index contributed by atoms with van der Waals surface area (Å²) in [5.41, 5.74) is 0.535. The van der Waals surface area contributed by atoms with Gasteiger partial charge in [0.15, 0.2) is 0 Å². The largest absolute Gasteiger partial charge is 0.416 e. The number of alkyl halides is 3. The number of imidazole rings is 1. The van der Waals surface area contributed by atoms with Crippen LogP contribution in [0.4, 0.5) is 24.9 Å². The average Bonchev–Trinajstić information content (AvgIpc) is 3.38. The van der Waals surface area contributed by atoms with Crippen molar-refractivity contribution in [3.8, 4) is 5.69 Å². The van der Waals surface area contributed by atoms with Crippen molar-refractivity contribution in [2.24, 2.45) is 11.8 Å². The monoisotopic (exact) mass is 472 g/mol. The van der Waals surface area contributed by atoms with E-state index in [1.807, 2.05) is 6.92 Å². The summed E-state index contributed by atoms with van der Waals surface area (Å²) in [5, 5.41) is 3.20. The summed E-state index contributed by atoms with van der Waals surface area (Å²) in [6, 6.07) is 6.42. The van der Waals surface area contributed by atoms with Crippen molar-refractivity contribution in [1.29, 1.82) is 0 Å². The van der Waals surface area contributed by atoms with Crippen molar-refractivity contribution in [1.82, 2.24) is 19.5 Å². The minimum Gasteiger partial charge on any atom is -0.346 e. The number of anilines is 2. The Morgan fingerprint density at radius 1 is 1.09 bits per heavy atom. The molecule has 1 N–H and O–H groups in total. The zero-order chi connectivity index (χ0) is 24.6. The lowest BCUT2D eigenvalue weighted by Gasteiger charge is -2.29. The van der Waals surface area contributed by atoms with Gasteiger partial charge in [0.2, 0.25) is 11.9 Å². The smallest absolute Gasteiger partial charge is 0.346 e. The van der Waals surface area contributed by atoms with Crippen LogP contribution < -0.4 is 10.2 Å². The highest BCUT2D eigenvalue weighted by molar-refractivity contribution is 5.95. The highest BCUT2D eigenvalue weighted by Gasteiger charge is 2.40. The van der Waals surface area contributed by atoms with Crippen molar-refractivity contribution in [2.45, 2.75) is 52.4 Å². The molecule has 1 aliphatic heterocycles. The number of nitrogens with one attached hydrogen (secondary N) is 1. The van der Waals surface area contributed by atoms with Crippen LogP contribution >= 0.6 is 0 Å². The van der Waals surface area contributed by atoms with Crippen molar-refractivity contribution in [2.75, 3.05) is 10.2 Å². The SMILES string of the molecule is CC(C)[C@H]1[C@@H](C)CC(=O)N1c1ccnc(N[C@@H](C)c2cn(-c3ccc(C(F)(F)F)cc3)cn2)n1. The van der Waals surface area contributed by atoms with Crippen molar-refractivity contribution >= 4 is 17.7 Å². The number of amides is 1. The van der Waals surface area contributed by atoms with Gasteiger partial charge in [-0.2, -0.15) is 18.2 Å². The second kappa shape index (κ2) is 9.08. The van der Waals surface area contributed by atoms with E-state index in [-0.39, 0.29) is 23.9 Å². The molecule has 1 aromatic carbocycles. The molecule has 34 heavy (non-hydrogen) atoms. The molecule has 0 radical (unpaired) electrons. The van der Waals surface area contributed by atoms with Crippen molar-refractivity contribution < 1.29 is 18.0 Å².